The van der Waals surface area contributed by atoms with E-state index in [1.165, 1.54) is 11.1 Å². The standard InChI is InChI=1S/C19H29N3O2/c1-13-9-14(2)11-16(10-13)22-18(20)21-12-15-3-4-19(17(15)23)5-7-24-8-6-19/h9-11,15,17,23H,3-8,12H2,1-2H3,(H3,20,21,22). The van der Waals surface area contributed by atoms with Gasteiger partial charge in [0.15, 0.2) is 5.96 Å². The number of rotatable bonds is 3. The minimum atomic E-state index is -0.292. The molecule has 0 bridgehead atoms. The van der Waals surface area contributed by atoms with Crippen LogP contribution in [0.4, 0.5) is 5.69 Å². The quantitative estimate of drug-likeness (QED) is 0.587. The Kier molecular flexibility index (Phi) is 5.11. The second kappa shape index (κ2) is 7.11. The summed E-state index contributed by atoms with van der Waals surface area (Å²) in [6.07, 6.45) is 3.72. The van der Waals surface area contributed by atoms with E-state index in [1.807, 2.05) is 0 Å². The number of nitrogens with zero attached hydrogens (tertiary/aromatic N) is 1. The lowest BCUT2D eigenvalue weighted by Crippen LogP contribution is -2.39. The van der Waals surface area contributed by atoms with Gasteiger partial charge >= 0.3 is 0 Å². The largest absolute Gasteiger partial charge is 0.392 e. The van der Waals surface area contributed by atoms with Gasteiger partial charge in [0.05, 0.1) is 6.10 Å². The number of aliphatic imine (C=N–C) groups is 1. The van der Waals surface area contributed by atoms with Crippen molar-refractivity contribution in [3.8, 4) is 0 Å². The predicted octanol–water partition coefficient (Wildman–Crippen LogP) is 2.60. The summed E-state index contributed by atoms with van der Waals surface area (Å²) in [6.45, 7) is 6.24. The molecule has 1 spiro atoms. The molecule has 1 aromatic rings. The average molecular weight is 331 g/mol. The van der Waals surface area contributed by atoms with E-state index in [0.717, 1.165) is 44.6 Å². The molecule has 3 rings (SSSR count). The van der Waals surface area contributed by atoms with E-state index in [2.05, 4.69) is 42.4 Å². The van der Waals surface area contributed by atoms with Crippen molar-refractivity contribution in [1.82, 2.24) is 0 Å². The first-order valence-corrected chi connectivity index (χ1v) is 8.90. The van der Waals surface area contributed by atoms with E-state index in [-0.39, 0.29) is 17.4 Å². The van der Waals surface area contributed by atoms with E-state index < -0.39 is 0 Å². The Morgan fingerprint density at radius 1 is 1.25 bits per heavy atom. The van der Waals surface area contributed by atoms with Crippen LogP contribution in [-0.2, 0) is 4.74 Å². The topological polar surface area (TPSA) is 79.9 Å². The summed E-state index contributed by atoms with van der Waals surface area (Å²) in [6, 6.07) is 6.23. The molecule has 1 aliphatic heterocycles. The molecular weight excluding hydrogens is 302 g/mol. The predicted molar refractivity (Wildman–Crippen MR) is 97.2 cm³/mol. The Hall–Kier alpha value is -1.59. The Morgan fingerprint density at radius 3 is 2.58 bits per heavy atom. The molecule has 2 fully saturated rings. The van der Waals surface area contributed by atoms with Gasteiger partial charge in [-0.1, -0.05) is 6.07 Å². The van der Waals surface area contributed by atoms with Crippen LogP contribution < -0.4 is 11.1 Å². The average Bonchev–Trinajstić information content (AvgIpc) is 2.82. The van der Waals surface area contributed by atoms with Crippen molar-refractivity contribution < 1.29 is 9.84 Å². The highest BCUT2D eigenvalue weighted by atomic mass is 16.5. The summed E-state index contributed by atoms with van der Waals surface area (Å²) < 4.78 is 5.45. The van der Waals surface area contributed by atoms with Gasteiger partial charge in [0.1, 0.15) is 0 Å². The van der Waals surface area contributed by atoms with Crippen molar-refractivity contribution in [1.29, 1.82) is 0 Å². The van der Waals surface area contributed by atoms with Crippen LogP contribution in [0.5, 0.6) is 0 Å². The van der Waals surface area contributed by atoms with Crippen molar-refractivity contribution in [2.45, 2.75) is 45.6 Å². The van der Waals surface area contributed by atoms with Gasteiger partial charge in [0.2, 0.25) is 0 Å². The molecule has 4 N–H and O–H groups in total. The van der Waals surface area contributed by atoms with Crippen molar-refractivity contribution in [3.05, 3.63) is 29.3 Å². The highest BCUT2D eigenvalue weighted by Crippen LogP contribution is 2.48. The molecule has 0 amide bonds. The molecule has 1 saturated carbocycles. The number of aryl methyl sites for hydroxylation is 2. The maximum atomic E-state index is 10.8. The van der Waals surface area contributed by atoms with Crippen LogP contribution in [0.2, 0.25) is 0 Å². The van der Waals surface area contributed by atoms with Gasteiger partial charge in [0.25, 0.3) is 0 Å². The van der Waals surface area contributed by atoms with Crippen molar-refractivity contribution in [3.63, 3.8) is 0 Å². The van der Waals surface area contributed by atoms with Crippen LogP contribution >= 0.6 is 0 Å². The third-order valence-corrected chi connectivity index (χ3v) is 5.57. The van der Waals surface area contributed by atoms with Crippen LogP contribution in [0.25, 0.3) is 0 Å². The Morgan fingerprint density at radius 2 is 1.92 bits per heavy atom. The fourth-order valence-corrected chi connectivity index (χ4v) is 4.24. The number of nitrogens with one attached hydrogen (secondary N) is 1. The third-order valence-electron chi connectivity index (χ3n) is 5.57. The summed E-state index contributed by atoms with van der Waals surface area (Å²) in [5.41, 5.74) is 9.43. The molecule has 5 nitrogen and oxygen atoms in total. The van der Waals surface area contributed by atoms with Crippen LogP contribution in [0.3, 0.4) is 0 Å². The second-order valence-electron chi connectivity index (χ2n) is 7.45. The minimum absolute atomic E-state index is 0.0499. The first kappa shape index (κ1) is 17.2. The maximum absolute atomic E-state index is 10.8. The number of guanidine groups is 1. The minimum Gasteiger partial charge on any atom is -0.392 e. The number of aliphatic hydroxyl groups excluding tert-OH is 1. The fraction of sp³-hybridized carbons (Fsp3) is 0.632. The second-order valence-corrected chi connectivity index (χ2v) is 7.45. The van der Waals surface area contributed by atoms with Gasteiger partial charge in [-0.15, -0.1) is 0 Å². The van der Waals surface area contributed by atoms with Crippen LogP contribution in [0, 0.1) is 25.2 Å². The third kappa shape index (κ3) is 3.73. The molecule has 132 valence electrons. The number of ether oxygens (including phenoxy) is 1. The van der Waals surface area contributed by atoms with Crippen molar-refractivity contribution in [2.75, 3.05) is 25.1 Å². The molecule has 24 heavy (non-hydrogen) atoms. The fourth-order valence-electron chi connectivity index (χ4n) is 4.24. The summed E-state index contributed by atoms with van der Waals surface area (Å²) in [4.78, 5) is 4.48. The van der Waals surface area contributed by atoms with E-state index >= 15 is 0 Å². The first-order valence-electron chi connectivity index (χ1n) is 8.90. The summed E-state index contributed by atoms with van der Waals surface area (Å²) in [5, 5.41) is 13.9. The lowest BCUT2D eigenvalue weighted by atomic mass is 9.76. The Labute approximate surface area is 144 Å². The van der Waals surface area contributed by atoms with E-state index in [4.69, 9.17) is 10.5 Å². The molecule has 2 unspecified atom stereocenters. The normalized spacial score (nSPS) is 26.7. The monoisotopic (exact) mass is 331 g/mol. The van der Waals surface area contributed by atoms with Crippen LogP contribution in [0.1, 0.15) is 36.8 Å². The molecule has 5 heteroatoms. The van der Waals surface area contributed by atoms with Crippen molar-refractivity contribution >= 4 is 11.6 Å². The molecule has 0 radical (unpaired) electrons. The number of hydrogen-bond donors (Lipinski definition) is 3. The lowest BCUT2D eigenvalue weighted by Gasteiger charge is -2.37. The van der Waals surface area contributed by atoms with Gasteiger partial charge < -0.3 is 20.9 Å². The van der Waals surface area contributed by atoms with Crippen molar-refractivity contribution in [2.24, 2.45) is 22.1 Å². The lowest BCUT2D eigenvalue weighted by molar-refractivity contribution is -0.0548. The highest BCUT2D eigenvalue weighted by Gasteiger charge is 2.47. The van der Waals surface area contributed by atoms with Crippen LogP contribution in [0.15, 0.2) is 23.2 Å². The van der Waals surface area contributed by atoms with E-state index in [9.17, 15) is 5.11 Å². The van der Waals surface area contributed by atoms with Gasteiger partial charge in [-0.05, 0) is 62.8 Å². The smallest absolute Gasteiger partial charge is 0.193 e. The number of benzene rings is 1. The molecule has 1 saturated heterocycles. The van der Waals surface area contributed by atoms with Crippen LogP contribution in [-0.4, -0.2) is 36.9 Å². The van der Waals surface area contributed by atoms with E-state index in [1.54, 1.807) is 0 Å². The molecule has 1 heterocycles. The molecular formula is C19H29N3O2. The summed E-state index contributed by atoms with van der Waals surface area (Å²) in [7, 11) is 0. The zero-order valence-electron chi connectivity index (χ0n) is 14.7. The highest BCUT2D eigenvalue weighted by molar-refractivity contribution is 5.92. The summed E-state index contributed by atoms with van der Waals surface area (Å²) in [5.74, 6) is 0.614. The molecule has 2 aliphatic rings. The summed E-state index contributed by atoms with van der Waals surface area (Å²) >= 11 is 0. The van der Waals surface area contributed by atoms with Gasteiger partial charge in [-0.25, -0.2) is 0 Å². The molecule has 1 aromatic carbocycles. The molecule has 0 aromatic heterocycles. The zero-order chi connectivity index (χ0) is 17.2. The Balaban J connectivity index is 1.59. The molecule has 2 atom stereocenters. The number of nitrogens with two attached hydrogens (primary N) is 1. The molecule has 1 aliphatic carbocycles. The first-order chi connectivity index (χ1) is 11.5. The SMILES string of the molecule is Cc1cc(C)cc(NC(N)=NCC2CCC3(CCOCC3)C2O)c1. The number of aliphatic hydroxyl groups is 1. The zero-order valence-corrected chi connectivity index (χ0v) is 14.7. The van der Waals surface area contributed by atoms with E-state index in [0.29, 0.717) is 12.5 Å². The van der Waals surface area contributed by atoms with Gasteiger partial charge in [-0.2, -0.15) is 0 Å². The Bertz CT molecular complexity index is 588. The maximum Gasteiger partial charge on any atom is 0.193 e. The van der Waals surface area contributed by atoms with Gasteiger partial charge in [0, 0.05) is 36.8 Å². The van der Waals surface area contributed by atoms with Gasteiger partial charge in [-0.3, -0.25) is 4.99 Å². The number of anilines is 1. The number of hydrogen-bond acceptors (Lipinski definition) is 3.